The van der Waals surface area contributed by atoms with Crippen molar-refractivity contribution >= 4 is 5.91 Å². The molecule has 0 saturated carbocycles. The van der Waals surface area contributed by atoms with E-state index in [9.17, 15) is 20.1 Å². The third-order valence-electron chi connectivity index (χ3n) is 5.35. The van der Waals surface area contributed by atoms with E-state index in [1.807, 2.05) is 61.5 Å². The summed E-state index contributed by atoms with van der Waals surface area (Å²) in [7, 11) is 0. The molecular formula is C26H31N3O4. The number of amides is 1. The fraction of sp³-hybridized carbons (Fsp3) is 0.308. The number of hydrogen-bond acceptors (Lipinski definition) is 6. The van der Waals surface area contributed by atoms with Gasteiger partial charge in [0.2, 0.25) is 5.91 Å². The molecule has 5 N–H and O–H groups in total. The Balaban J connectivity index is 1.47. The van der Waals surface area contributed by atoms with Gasteiger partial charge >= 0.3 is 0 Å². The quantitative estimate of drug-likeness (QED) is 0.307. The molecule has 1 aromatic heterocycles. The smallest absolute Gasteiger partial charge is 0.224 e. The second-order valence-electron chi connectivity index (χ2n) is 8.15. The second kappa shape index (κ2) is 12.1. The summed E-state index contributed by atoms with van der Waals surface area (Å²) in [5.74, 6) is -0.114. The van der Waals surface area contributed by atoms with Crippen LogP contribution in [0, 0.1) is 0 Å². The maximum Gasteiger partial charge on any atom is 0.224 e. The van der Waals surface area contributed by atoms with Gasteiger partial charge in [0.15, 0.2) is 0 Å². The number of aromatic nitrogens is 1. The molecule has 3 aromatic rings. The molecular weight excluding hydrogens is 418 g/mol. The maximum absolute atomic E-state index is 12.3. The summed E-state index contributed by atoms with van der Waals surface area (Å²) in [5, 5.41) is 35.5. The molecule has 0 saturated heterocycles. The number of nitrogens with one attached hydrogen (secondary N) is 2. The van der Waals surface area contributed by atoms with Gasteiger partial charge in [-0.25, -0.2) is 4.98 Å². The van der Waals surface area contributed by atoms with Crippen molar-refractivity contribution in [1.82, 2.24) is 15.6 Å². The zero-order valence-electron chi connectivity index (χ0n) is 18.7. The van der Waals surface area contributed by atoms with E-state index in [4.69, 9.17) is 0 Å². The molecule has 0 spiro atoms. The molecule has 2 atom stereocenters. The summed E-state index contributed by atoms with van der Waals surface area (Å²) in [6.07, 6.45) is 0.191. The number of pyridine rings is 1. The molecule has 7 nitrogen and oxygen atoms in total. The fourth-order valence-corrected chi connectivity index (χ4v) is 3.57. The average molecular weight is 450 g/mol. The van der Waals surface area contributed by atoms with Gasteiger partial charge in [-0.15, -0.1) is 0 Å². The van der Waals surface area contributed by atoms with E-state index in [1.54, 1.807) is 0 Å². The number of carbonyl (C=O) groups is 1. The van der Waals surface area contributed by atoms with Crippen LogP contribution in [0.3, 0.4) is 0 Å². The Morgan fingerprint density at radius 3 is 2.48 bits per heavy atom. The SMILES string of the molecule is C[C@H](Cc1cccc(CC(=O)NCc2ccccc2)c1)NCC(O)c1ccc(O)c(CO)n1. The Morgan fingerprint density at radius 1 is 1.00 bits per heavy atom. The highest BCUT2D eigenvalue weighted by Crippen LogP contribution is 2.18. The summed E-state index contributed by atoms with van der Waals surface area (Å²) in [5.41, 5.74) is 3.65. The number of hydrogen-bond donors (Lipinski definition) is 5. The number of aliphatic hydroxyl groups is 2. The molecule has 2 aromatic carbocycles. The van der Waals surface area contributed by atoms with Gasteiger partial charge in [-0.3, -0.25) is 4.79 Å². The first-order chi connectivity index (χ1) is 15.9. The number of rotatable bonds is 11. The molecule has 0 aliphatic heterocycles. The van der Waals surface area contributed by atoms with E-state index in [0.29, 0.717) is 18.7 Å². The molecule has 1 unspecified atom stereocenters. The monoisotopic (exact) mass is 449 g/mol. The highest BCUT2D eigenvalue weighted by molar-refractivity contribution is 5.78. The Morgan fingerprint density at radius 2 is 1.73 bits per heavy atom. The predicted molar refractivity (Wildman–Crippen MR) is 126 cm³/mol. The number of aromatic hydroxyl groups is 1. The van der Waals surface area contributed by atoms with Crippen molar-refractivity contribution in [2.75, 3.05) is 6.54 Å². The van der Waals surface area contributed by atoms with Crippen LogP contribution < -0.4 is 10.6 Å². The minimum atomic E-state index is -0.863. The Labute approximate surface area is 194 Å². The third-order valence-corrected chi connectivity index (χ3v) is 5.35. The molecule has 0 radical (unpaired) electrons. The van der Waals surface area contributed by atoms with Crippen LogP contribution in [0.1, 0.15) is 41.1 Å². The molecule has 0 aliphatic carbocycles. The van der Waals surface area contributed by atoms with Gasteiger partial charge in [-0.1, -0.05) is 54.6 Å². The van der Waals surface area contributed by atoms with Crippen LogP contribution in [0.15, 0.2) is 66.7 Å². The molecule has 0 fully saturated rings. The molecule has 33 heavy (non-hydrogen) atoms. The first kappa shape index (κ1) is 24.4. The minimum Gasteiger partial charge on any atom is -0.506 e. The van der Waals surface area contributed by atoms with Gasteiger partial charge in [0, 0.05) is 19.1 Å². The highest BCUT2D eigenvalue weighted by Gasteiger charge is 2.14. The lowest BCUT2D eigenvalue weighted by molar-refractivity contribution is -0.120. The maximum atomic E-state index is 12.3. The number of benzene rings is 2. The van der Waals surface area contributed by atoms with Crippen molar-refractivity contribution in [3.05, 3.63) is 94.8 Å². The van der Waals surface area contributed by atoms with Crippen molar-refractivity contribution < 1.29 is 20.1 Å². The van der Waals surface area contributed by atoms with Gasteiger partial charge in [-0.2, -0.15) is 0 Å². The first-order valence-corrected chi connectivity index (χ1v) is 11.0. The summed E-state index contributed by atoms with van der Waals surface area (Å²) in [6, 6.07) is 20.8. The lowest BCUT2D eigenvalue weighted by Crippen LogP contribution is -2.32. The van der Waals surface area contributed by atoms with Crippen LogP contribution in [0.2, 0.25) is 0 Å². The van der Waals surface area contributed by atoms with E-state index in [1.165, 1.54) is 12.1 Å². The Bertz CT molecular complexity index is 1040. The molecule has 174 valence electrons. The van der Waals surface area contributed by atoms with Crippen LogP contribution in [-0.2, 0) is 30.8 Å². The molecule has 1 amide bonds. The van der Waals surface area contributed by atoms with Gasteiger partial charge in [0.05, 0.1) is 18.7 Å². The van der Waals surface area contributed by atoms with Gasteiger partial charge in [0.1, 0.15) is 17.5 Å². The number of carbonyl (C=O) groups excluding carboxylic acids is 1. The predicted octanol–water partition coefficient (Wildman–Crippen LogP) is 2.39. The van der Waals surface area contributed by atoms with Crippen molar-refractivity contribution in [3.63, 3.8) is 0 Å². The first-order valence-electron chi connectivity index (χ1n) is 11.0. The van der Waals surface area contributed by atoms with Crippen LogP contribution in [0.25, 0.3) is 0 Å². The summed E-state index contributed by atoms with van der Waals surface area (Å²) < 4.78 is 0. The lowest BCUT2D eigenvalue weighted by atomic mass is 10.0. The van der Waals surface area contributed by atoms with E-state index >= 15 is 0 Å². The minimum absolute atomic E-state index is 0.0195. The van der Waals surface area contributed by atoms with Crippen molar-refractivity contribution in [2.45, 2.75) is 45.1 Å². The van der Waals surface area contributed by atoms with Gasteiger partial charge < -0.3 is 26.0 Å². The highest BCUT2D eigenvalue weighted by atomic mass is 16.3. The van der Waals surface area contributed by atoms with Crippen molar-refractivity contribution in [1.29, 1.82) is 0 Å². The molecule has 3 rings (SSSR count). The number of nitrogens with zero attached hydrogens (tertiary/aromatic N) is 1. The molecule has 1 heterocycles. The van der Waals surface area contributed by atoms with Gasteiger partial charge in [0.25, 0.3) is 0 Å². The largest absolute Gasteiger partial charge is 0.506 e. The van der Waals surface area contributed by atoms with Crippen LogP contribution in [-0.4, -0.2) is 38.8 Å². The lowest BCUT2D eigenvalue weighted by Gasteiger charge is -2.18. The Hall–Kier alpha value is -3.26. The second-order valence-corrected chi connectivity index (χ2v) is 8.15. The van der Waals surface area contributed by atoms with E-state index in [2.05, 4.69) is 15.6 Å². The Kier molecular flexibility index (Phi) is 8.95. The zero-order chi connectivity index (χ0) is 23.6. The summed E-state index contributed by atoms with van der Waals surface area (Å²) >= 11 is 0. The van der Waals surface area contributed by atoms with E-state index < -0.39 is 12.7 Å². The normalized spacial score (nSPS) is 12.8. The topological polar surface area (TPSA) is 115 Å². The van der Waals surface area contributed by atoms with E-state index in [-0.39, 0.29) is 29.9 Å². The average Bonchev–Trinajstić information content (AvgIpc) is 2.82. The van der Waals surface area contributed by atoms with Crippen LogP contribution in [0.4, 0.5) is 0 Å². The fourth-order valence-electron chi connectivity index (χ4n) is 3.57. The third kappa shape index (κ3) is 7.68. The van der Waals surface area contributed by atoms with Crippen LogP contribution in [0.5, 0.6) is 5.75 Å². The molecule has 0 bridgehead atoms. The van der Waals surface area contributed by atoms with Crippen LogP contribution >= 0.6 is 0 Å². The van der Waals surface area contributed by atoms with Crippen molar-refractivity contribution in [3.8, 4) is 5.75 Å². The van der Waals surface area contributed by atoms with E-state index in [0.717, 1.165) is 23.1 Å². The van der Waals surface area contributed by atoms with Crippen molar-refractivity contribution in [2.24, 2.45) is 0 Å². The molecule has 0 aliphatic rings. The number of aliphatic hydroxyl groups excluding tert-OH is 2. The standard InChI is InChI=1S/C26H31N3O4/c1-18(27-16-25(32)22-10-11-24(31)23(17-30)29-22)12-20-8-5-9-21(13-20)14-26(33)28-15-19-6-3-2-4-7-19/h2-11,13,18,25,27,30-32H,12,14-17H2,1H3,(H,28,33)/t18-,25?/m1/s1. The zero-order valence-corrected chi connectivity index (χ0v) is 18.7. The summed E-state index contributed by atoms with van der Waals surface area (Å²) in [4.78, 5) is 16.4. The molecule has 7 heteroatoms. The summed E-state index contributed by atoms with van der Waals surface area (Å²) in [6.45, 7) is 2.43. The van der Waals surface area contributed by atoms with Gasteiger partial charge in [-0.05, 0) is 42.2 Å².